The monoisotopic (exact) mass is 288 g/mol. The zero-order valence-corrected chi connectivity index (χ0v) is 11.9. The molecule has 0 bridgehead atoms. The van der Waals surface area contributed by atoms with Gasteiger partial charge in [-0.2, -0.15) is 0 Å². The summed E-state index contributed by atoms with van der Waals surface area (Å²) in [5.41, 5.74) is 0. The molecule has 0 saturated heterocycles. The molecule has 4 heteroatoms. The highest BCUT2D eigenvalue weighted by Crippen LogP contribution is 2.12. The first-order chi connectivity index (χ1) is 10.4. The number of ether oxygens (including phenoxy) is 3. The second-order valence-corrected chi connectivity index (χ2v) is 4.43. The smallest absolute Gasteiger partial charge is 0.223 e. The minimum Gasteiger partial charge on any atom is -0.494 e. The van der Waals surface area contributed by atoms with Crippen LogP contribution in [0.5, 0.6) is 11.5 Å². The van der Waals surface area contributed by atoms with E-state index in [0.717, 1.165) is 12.2 Å². The van der Waals surface area contributed by atoms with Crippen molar-refractivity contribution < 1.29 is 19.3 Å². The highest BCUT2D eigenvalue weighted by molar-refractivity contribution is 5.21. The topological polar surface area (TPSA) is 47.9 Å². The largest absolute Gasteiger partial charge is 0.494 e. The maximum absolute atomic E-state index is 9.24. The van der Waals surface area contributed by atoms with Gasteiger partial charge >= 0.3 is 0 Å². The predicted molar refractivity (Wildman–Crippen MR) is 80.4 cm³/mol. The van der Waals surface area contributed by atoms with Gasteiger partial charge in [0.25, 0.3) is 0 Å². The lowest BCUT2D eigenvalue weighted by Crippen LogP contribution is -2.25. The molecule has 0 amide bonds. The summed E-state index contributed by atoms with van der Waals surface area (Å²) in [5, 5.41) is 9.24. The van der Waals surface area contributed by atoms with Crippen LogP contribution < -0.4 is 9.47 Å². The third-order valence-electron chi connectivity index (χ3n) is 2.76. The summed E-state index contributed by atoms with van der Waals surface area (Å²) in [7, 11) is 0. The molecule has 0 aliphatic heterocycles. The first kappa shape index (κ1) is 15.4. The molecule has 2 aromatic rings. The molecule has 1 N–H and O–H groups in total. The Labute approximate surface area is 124 Å². The van der Waals surface area contributed by atoms with Crippen LogP contribution in [0.3, 0.4) is 0 Å². The molecule has 2 aromatic carbocycles. The molecule has 0 radical (unpaired) electrons. The maximum atomic E-state index is 9.24. The van der Waals surface area contributed by atoms with E-state index in [-0.39, 0.29) is 6.61 Å². The second kappa shape index (κ2) is 9.00. The molecule has 1 atom stereocenters. The minimum absolute atomic E-state index is 0.186. The van der Waals surface area contributed by atoms with Crippen LogP contribution in [0.15, 0.2) is 60.7 Å². The molecular formula is C17H20O4. The Hall–Kier alpha value is -2.04. The van der Waals surface area contributed by atoms with Crippen molar-refractivity contribution in [2.45, 2.75) is 12.7 Å². The third kappa shape index (κ3) is 5.85. The lowest BCUT2D eigenvalue weighted by atomic mass is 10.3. The molecule has 0 fully saturated rings. The van der Waals surface area contributed by atoms with E-state index < -0.39 is 6.29 Å². The normalized spacial score (nSPS) is 11.9. The van der Waals surface area contributed by atoms with E-state index in [1.54, 1.807) is 0 Å². The van der Waals surface area contributed by atoms with Crippen LogP contribution in [-0.2, 0) is 4.74 Å². The SMILES string of the molecule is OCC(OCCCOc1ccccc1)Oc1ccccc1. The number of para-hydroxylation sites is 2. The first-order valence-electron chi connectivity index (χ1n) is 7.00. The van der Waals surface area contributed by atoms with Crippen molar-refractivity contribution in [2.75, 3.05) is 19.8 Å². The van der Waals surface area contributed by atoms with Crippen molar-refractivity contribution in [1.29, 1.82) is 0 Å². The fraction of sp³-hybridized carbons (Fsp3) is 0.294. The van der Waals surface area contributed by atoms with Gasteiger partial charge in [-0.05, 0) is 24.3 Å². The quantitative estimate of drug-likeness (QED) is 0.569. The highest BCUT2D eigenvalue weighted by Gasteiger charge is 2.08. The van der Waals surface area contributed by atoms with E-state index in [1.165, 1.54) is 0 Å². The van der Waals surface area contributed by atoms with Crippen LogP contribution in [-0.4, -0.2) is 31.2 Å². The summed E-state index contributed by atoms with van der Waals surface area (Å²) in [6.45, 7) is 0.840. The molecule has 2 rings (SSSR count). The molecule has 1 unspecified atom stereocenters. The van der Waals surface area contributed by atoms with Gasteiger partial charge in [-0.15, -0.1) is 0 Å². The van der Waals surface area contributed by atoms with Crippen LogP contribution in [0.2, 0.25) is 0 Å². The average Bonchev–Trinajstić information content (AvgIpc) is 2.55. The number of rotatable bonds is 9. The highest BCUT2D eigenvalue weighted by atomic mass is 16.7. The van der Waals surface area contributed by atoms with Crippen molar-refractivity contribution in [3.05, 3.63) is 60.7 Å². The van der Waals surface area contributed by atoms with Gasteiger partial charge in [-0.1, -0.05) is 36.4 Å². The Bertz CT molecular complexity index is 487. The Morgan fingerprint density at radius 2 is 1.43 bits per heavy atom. The summed E-state index contributed by atoms with van der Waals surface area (Å²) < 4.78 is 16.6. The number of hydrogen-bond acceptors (Lipinski definition) is 4. The van der Waals surface area contributed by atoms with E-state index >= 15 is 0 Å². The Morgan fingerprint density at radius 3 is 2.05 bits per heavy atom. The third-order valence-corrected chi connectivity index (χ3v) is 2.76. The Morgan fingerprint density at radius 1 is 0.810 bits per heavy atom. The number of aliphatic hydroxyl groups is 1. The van der Waals surface area contributed by atoms with E-state index in [2.05, 4.69) is 0 Å². The van der Waals surface area contributed by atoms with Gasteiger partial charge < -0.3 is 19.3 Å². The average molecular weight is 288 g/mol. The summed E-state index contributed by atoms with van der Waals surface area (Å²) in [4.78, 5) is 0. The Kier molecular flexibility index (Phi) is 6.58. The van der Waals surface area contributed by atoms with Crippen molar-refractivity contribution in [1.82, 2.24) is 0 Å². The molecule has 0 saturated carbocycles. The van der Waals surface area contributed by atoms with Crippen molar-refractivity contribution in [2.24, 2.45) is 0 Å². The van der Waals surface area contributed by atoms with Crippen LogP contribution in [0.25, 0.3) is 0 Å². The molecule has 0 heterocycles. The van der Waals surface area contributed by atoms with Gasteiger partial charge in [-0.25, -0.2) is 0 Å². The molecule has 0 aromatic heterocycles. The van der Waals surface area contributed by atoms with Crippen molar-refractivity contribution in [3.8, 4) is 11.5 Å². The molecule has 21 heavy (non-hydrogen) atoms. The van der Waals surface area contributed by atoms with Gasteiger partial charge in [0.05, 0.1) is 13.2 Å². The fourth-order valence-corrected chi connectivity index (χ4v) is 1.76. The Balaban J connectivity index is 1.62. The molecule has 0 spiro atoms. The summed E-state index contributed by atoms with van der Waals surface area (Å²) in [6.07, 6.45) is 0.0768. The lowest BCUT2D eigenvalue weighted by Gasteiger charge is -2.17. The van der Waals surface area contributed by atoms with Crippen molar-refractivity contribution in [3.63, 3.8) is 0 Å². The van der Waals surface area contributed by atoms with Crippen LogP contribution >= 0.6 is 0 Å². The minimum atomic E-state index is -0.649. The van der Waals surface area contributed by atoms with Crippen LogP contribution in [0.4, 0.5) is 0 Å². The number of aliphatic hydroxyl groups excluding tert-OH is 1. The maximum Gasteiger partial charge on any atom is 0.223 e. The zero-order valence-electron chi connectivity index (χ0n) is 11.9. The van der Waals surface area contributed by atoms with Crippen molar-refractivity contribution >= 4 is 0 Å². The molecular weight excluding hydrogens is 268 g/mol. The first-order valence-corrected chi connectivity index (χ1v) is 7.00. The summed E-state index contributed by atoms with van der Waals surface area (Å²) >= 11 is 0. The summed E-state index contributed by atoms with van der Waals surface area (Å²) in [5.74, 6) is 1.52. The van der Waals surface area contributed by atoms with Crippen LogP contribution in [0.1, 0.15) is 6.42 Å². The lowest BCUT2D eigenvalue weighted by molar-refractivity contribution is -0.108. The molecule has 112 valence electrons. The van der Waals surface area contributed by atoms with E-state index in [4.69, 9.17) is 14.2 Å². The van der Waals surface area contributed by atoms with Gasteiger partial charge in [0, 0.05) is 6.42 Å². The number of hydrogen-bond donors (Lipinski definition) is 1. The molecule has 4 nitrogen and oxygen atoms in total. The molecule has 0 aliphatic rings. The van der Waals surface area contributed by atoms with E-state index in [1.807, 2.05) is 60.7 Å². The van der Waals surface area contributed by atoms with Crippen LogP contribution in [0, 0.1) is 0 Å². The zero-order chi connectivity index (χ0) is 14.8. The standard InChI is InChI=1S/C17H20O4/c18-14-17(21-16-10-5-2-6-11-16)20-13-7-12-19-15-8-3-1-4-9-15/h1-6,8-11,17-18H,7,12-14H2. The van der Waals surface area contributed by atoms with Gasteiger partial charge in [-0.3, -0.25) is 0 Å². The van der Waals surface area contributed by atoms with Gasteiger partial charge in [0.15, 0.2) is 0 Å². The van der Waals surface area contributed by atoms with E-state index in [0.29, 0.717) is 19.0 Å². The molecule has 0 aliphatic carbocycles. The fourth-order valence-electron chi connectivity index (χ4n) is 1.76. The number of benzene rings is 2. The predicted octanol–water partition coefficient (Wildman–Crippen LogP) is 2.87. The van der Waals surface area contributed by atoms with Gasteiger partial charge in [0.2, 0.25) is 6.29 Å². The van der Waals surface area contributed by atoms with Gasteiger partial charge in [0.1, 0.15) is 18.1 Å². The van der Waals surface area contributed by atoms with E-state index in [9.17, 15) is 5.11 Å². The second-order valence-electron chi connectivity index (χ2n) is 4.43. The summed E-state index contributed by atoms with van der Waals surface area (Å²) in [6, 6.07) is 18.9.